The monoisotopic (exact) mass is 558 g/mol. The predicted octanol–water partition coefficient (Wildman–Crippen LogP) is 10.7. The van der Waals surface area contributed by atoms with Crippen molar-refractivity contribution in [2.45, 2.75) is 114 Å². The highest BCUT2D eigenvalue weighted by molar-refractivity contribution is 7.20. The van der Waals surface area contributed by atoms with Crippen LogP contribution in [-0.4, -0.2) is 31.6 Å². The van der Waals surface area contributed by atoms with Gasteiger partial charge in [-0.2, -0.15) is 11.1 Å². The van der Waals surface area contributed by atoms with Crippen molar-refractivity contribution in [3.05, 3.63) is 70.3 Å². The van der Waals surface area contributed by atoms with Crippen LogP contribution in [0.1, 0.15) is 38.5 Å². The zero-order valence-electron chi connectivity index (χ0n) is 23.6. The zero-order chi connectivity index (χ0) is 25.6. The molecular weight excluding hydrogens is 508 g/mol. The van der Waals surface area contributed by atoms with Gasteiger partial charge < -0.3 is 0 Å². The molecule has 194 valence electrons. The molecule has 0 radical (unpaired) electrons. The van der Waals surface area contributed by atoms with Gasteiger partial charge >= 0.3 is 0 Å². The molecule has 0 spiro atoms. The Kier molecular flexibility index (Phi) is 10.4. The van der Waals surface area contributed by atoms with Crippen molar-refractivity contribution in [1.82, 2.24) is 0 Å². The summed E-state index contributed by atoms with van der Waals surface area (Å²) in [6.45, 7) is 15.5. The molecule has 0 fully saturated rings. The SMILES string of the molecule is C[Si](C)(CCC[Si](Cl)(CCC[Si](C)(C)C1=CC=CC1)CCC[Si](C)(C)C1=CC=CC1)C1=CC=CC1. The molecule has 0 nitrogen and oxygen atoms in total. The Morgan fingerprint density at radius 2 is 0.800 bits per heavy atom. The Balaban J connectivity index is 1.56. The molecule has 5 heteroatoms. The first-order chi connectivity index (χ1) is 16.4. The van der Waals surface area contributed by atoms with Crippen molar-refractivity contribution < 1.29 is 0 Å². The molecule has 0 N–H and O–H groups in total. The van der Waals surface area contributed by atoms with Crippen molar-refractivity contribution in [1.29, 1.82) is 0 Å². The maximum absolute atomic E-state index is 7.71. The highest BCUT2D eigenvalue weighted by atomic mass is 35.6. The van der Waals surface area contributed by atoms with E-state index in [9.17, 15) is 0 Å². The summed E-state index contributed by atoms with van der Waals surface area (Å²) in [5.41, 5.74) is 0. The van der Waals surface area contributed by atoms with Gasteiger partial charge in [-0.05, 0) is 37.4 Å². The Morgan fingerprint density at radius 1 is 0.514 bits per heavy atom. The van der Waals surface area contributed by atoms with E-state index in [1.807, 2.05) is 0 Å². The van der Waals surface area contributed by atoms with Crippen LogP contribution >= 0.6 is 11.1 Å². The number of rotatable bonds is 15. The molecule has 0 aliphatic heterocycles. The van der Waals surface area contributed by atoms with E-state index >= 15 is 0 Å². The summed E-state index contributed by atoms with van der Waals surface area (Å²) in [6.07, 6.45) is 28.8. The molecule has 35 heavy (non-hydrogen) atoms. The third-order valence-corrected chi connectivity index (χ3v) is 25.8. The highest BCUT2D eigenvalue weighted by Crippen LogP contribution is 2.38. The number of allylic oxidation sites excluding steroid dienone is 12. The number of halogens is 1. The fraction of sp³-hybridized carbons (Fsp3) is 0.600. The summed E-state index contributed by atoms with van der Waals surface area (Å²) in [5, 5.41) is 5.24. The summed E-state index contributed by atoms with van der Waals surface area (Å²) in [4.78, 5) is 0. The minimum atomic E-state index is -1.73. The van der Waals surface area contributed by atoms with E-state index in [4.69, 9.17) is 11.1 Å². The van der Waals surface area contributed by atoms with E-state index in [2.05, 4.69) is 94.0 Å². The molecule has 0 amide bonds. The van der Waals surface area contributed by atoms with Crippen LogP contribution in [-0.2, 0) is 0 Å². The minimum Gasteiger partial charge on any atom is -0.167 e. The van der Waals surface area contributed by atoms with Crippen LogP contribution in [0.4, 0.5) is 0 Å². The number of hydrogen-bond donors (Lipinski definition) is 0. The second kappa shape index (κ2) is 12.4. The van der Waals surface area contributed by atoms with E-state index in [-0.39, 0.29) is 0 Å². The van der Waals surface area contributed by atoms with Crippen LogP contribution in [0, 0.1) is 0 Å². The van der Waals surface area contributed by atoms with E-state index in [0.717, 1.165) is 0 Å². The van der Waals surface area contributed by atoms with Gasteiger partial charge in [0, 0.05) is 0 Å². The summed E-state index contributed by atoms with van der Waals surface area (Å²) in [5.74, 6) is 0. The summed E-state index contributed by atoms with van der Waals surface area (Å²) < 4.78 is 0. The van der Waals surface area contributed by atoms with Gasteiger partial charge in [0.2, 0.25) is 0 Å². The molecule has 0 heterocycles. The van der Waals surface area contributed by atoms with Crippen LogP contribution in [0.5, 0.6) is 0 Å². The van der Waals surface area contributed by atoms with Crippen LogP contribution in [0.2, 0.25) is 75.5 Å². The van der Waals surface area contributed by atoms with E-state index in [1.165, 1.54) is 74.8 Å². The maximum atomic E-state index is 7.71. The lowest BCUT2D eigenvalue weighted by Gasteiger charge is -2.31. The molecule has 0 atom stereocenters. The zero-order valence-corrected chi connectivity index (χ0v) is 28.3. The summed E-state index contributed by atoms with van der Waals surface area (Å²) in [6, 6.07) is 8.26. The van der Waals surface area contributed by atoms with Gasteiger partial charge in [-0.3, -0.25) is 0 Å². The molecule has 0 unspecified atom stereocenters. The normalized spacial score (nSPS) is 18.4. The molecule has 0 aromatic rings. The Hall–Kier alpha value is -0.402. The molecule has 0 bridgehead atoms. The van der Waals surface area contributed by atoms with E-state index in [1.54, 1.807) is 15.6 Å². The van der Waals surface area contributed by atoms with Crippen molar-refractivity contribution in [2.24, 2.45) is 0 Å². The van der Waals surface area contributed by atoms with Crippen LogP contribution in [0.3, 0.4) is 0 Å². The summed E-state index contributed by atoms with van der Waals surface area (Å²) in [7, 11) is -5.58. The van der Waals surface area contributed by atoms with Crippen LogP contribution in [0.25, 0.3) is 0 Å². The van der Waals surface area contributed by atoms with Gasteiger partial charge in [-0.1, -0.05) is 147 Å². The quantitative estimate of drug-likeness (QED) is 0.138. The number of hydrogen-bond acceptors (Lipinski definition) is 0. The topological polar surface area (TPSA) is 0 Å². The average Bonchev–Trinajstić information content (AvgIpc) is 3.57. The maximum Gasteiger partial charge on any atom is 0.156 e. The molecule has 0 aromatic heterocycles. The standard InChI is InChI=1S/C30H51ClSi4/c1-32(2,28-16-7-8-17-28)22-13-25-35(31,26-14-23-33(3,4)29-18-9-10-19-29)27-15-24-34(5,6)30-20-11-12-21-30/h7-12,16,18,20H,13-15,17,19,21-27H2,1-6H3. The van der Waals surface area contributed by atoms with Gasteiger partial charge in [0.05, 0.1) is 24.2 Å². The predicted molar refractivity (Wildman–Crippen MR) is 172 cm³/mol. The second-order valence-corrected chi connectivity index (χ2v) is 34.3. The smallest absolute Gasteiger partial charge is 0.156 e. The highest BCUT2D eigenvalue weighted by Gasteiger charge is 2.35. The van der Waals surface area contributed by atoms with E-state index < -0.39 is 31.6 Å². The van der Waals surface area contributed by atoms with Crippen molar-refractivity contribution in [3.63, 3.8) is 0 Å². The van der Waals surface area contributed by atoms with Crippen LogP contribution < -0.4 is 0 Å². The third kappa shape index (κ3) is 8.56. The third-order valence-electron chi connectivity index (χ3n) is 9.20. The van der Waals surface area contributed by atoms with Crippen molar-refractivity contribution >= 4 is 42.7 Å². The Bertz CT molecular complexity index is 798. The molecule has 3 aliphatic rings. The Labute approximate surface area is 226 Å². The first-order valence-corrected chi connectivity index (χ1v) is 27.5. The first-order valence-electron chi connectivity index (χ1n) is 14.2. The fourth-order valence-corrected chi connectivity index (χ4v) is 19.5. The molecule has 3 rings (SSSR count). The second-order valence-electron chi connectivity index (χ2n) is 13.3. The molecule has 3 aliphatic carbocycles. The lowest BCUT2D eigenvalue weighted by molar-refractivity contribution is 0.922. The molecule has 0 aromatic carbocycles. The lowest BCUT2D eigenvalue weighted by atomic mass is 10.5. The minimum absolute atomic E-state index is 1.21. The van der Waals surface area contributed by atoms with Crippen molar-refractivity contribution in [3.8, 4) is 0 Å². The lowest BCUT2D eigenvalue weighted by Crippen LogP contribution is -2.34. The fourth-order valence-electron chi connectivity index (χ4n) is 6.25. The first kappa shape index (κ1) is 29.2. The van der Waals surface area contributed by atoms with Gasteiger partial charge in [-0.15, -0.1) is 0 Å². The Morgan fingerprint density at radius 3 is 1.03 bits per heavy atom. The van der Waals surface area contributed by atoms with Gasteiger partial charge in [0.15, 0.2) is 7.38 Å². The van der Waals surface area contributed by atoms with Gasteiger partial charge in [0.1, 0.15) is 0 Å². The van der Waals surface area contributed by atoms with Gasteiger partial charge in [-0.25, -0.2) is 0 Å². The largest absolute Gasteiger partial charge is 0.167 e. The van der Waals surface area contributed by atoms with Crippen LogP contribution in [0.15, 0.2) is 70.3 Å². The molecular formula is C30H51ClSi4. The average molecular weight is 560 g/mol. The molecule has 0 saturated heterocycles. The summed E-state index contributed by atoms with van der Waals surface area (Å²) >= 11 is 7.71. The van der Waals surface area contributed by atoms with Gasteiger partial charge in [0.25, 0.3) is 0 Å². The van der Waals surface area contributed by atoms with E-state index in [0.29, 0.717) is 0 Å². The molecule has 0 saturated carbocycles. The van der Waals surface area contributed by atoms with Crippen molar-refractivity contribution in [2.75, 3.05) is 0 Å².